The number of H-pyrrole nitrogens is 1. The van der Waals surface area contributed by atoms with Gasteiger partial charge in [-0.05, 0) is 37.3 Å². The van der Waals surface area contributed by atoms with Crippen molar-refractivity contribution in [3.05, 3.63) is 24.2 Å². The molecule has 10 heteroatoms. The first kappa shape index (κ1) is 23.0. The first-order valence-corrected chi connectivity index (χ1v) is 10.5. The molecule has 2 aromatic heterocycles. The number of nitrogens with one attached hydrogen (secondary N) is 3. The minimum Gasteiger partial charge on any atom is -0.461 e. The van der Waals surface area contributed by atoms with Crippen LogP contribution in [-0.2, 0) is 11.2 Å². The number of hydrogen-bond donors (Lipinski definition) is 3. The fourth-order valence-electron chi connectivity index (χ4n) is 3.96. The Kier molecular flexibility index (Phi) is 8.94. The lowest BCUT2D eigenvalue weighted by atomic mass is 10.0. The van der Waals surface area contributed by atoms with E-state index in [0.29, 0.717) is 17.6 Å². The average Bonchev–Trinajstić information content (AvgIpc) is 3.51. The highest BCUT2D eigenvalue weighted by molar-refractivity contribution is 14.0. The third-order valence-electron chi connectivity index (χ3n) is 5.62. The first-order chi connectivity index (χ1) is 14.3. The number of guanidine groups is 1. The van der Waals surface area contributed by atoms with Crippen LogP contribution in [0.4, 0.5) is 0 Å². The zero-order chi connectivity index (χ0) is 19.9. The molecule has 4 heterocycles. The van der Waals surface area contributed by atoms with Gasteiger partial charge in [0.1, 0.15) is 5.82 Å². The second-order valence-corrected chi connectivity index (χ2v) is 7.78. The summed E-state index contributed by atoms with van der Waals surface area (Å²) in [6.45, 7) is 6.05. The monoisotopic (exact) mass is 529 g/mol. The van der Waals surface area contributed by atoms with Gasteiger partial charge in [-0.15, -0.1) is 24.0 Å². The maximum Gasteiger partial charge on any atom is 0.216 e. The molecule has 0 saturated carbocycles. The van der Waals surface area contributed by atoms with E-state index < -0.39 is 0 Å². The van der Waals surface area contributed by atoms with E-state index in [-0.39, 0.29) is 24.0 Å². The molecule has 0 aliphatic carbocycles. The molecule has 0 amide bonds. The maximum atomic E-state index is 5.50. The number of piperidine rings is 1. The highest BCUT2D eigenvalue weighted by Crippen LogP contribution is 2.18. The summed E-state index contributed by atoms with van der Waals surface area (Å²) >= 11 is 0. The molecule has 2 aliphatic rings. The van der Waals surface area contributed by atoms with Gasteiger partial charge in [0.15, 0.2) is 11.7 Å². The zero-order valence-electron chi connectivity index (χ0n) is 17.5. The fraction of sp³-hybridized carbons (Fsp3) is 0.650. The normalized spacial score (nSPS) is 20.8. The summed E-state index contributed by atoms with van der Waals surface area (Å²) < 4.78 is 10.8. The number of halogens is 1. The van der Waals surface area contributed by atoms with Crippen LogP contribution in [0.2, 0.25) is 0 Å². The number of aromatic nitrogens is 3. The Morgan fingerprint density at radius 2 is 2.20 bits per heavy atom. The lowest BCUT2D eigenvalue weighted by Crippen LogP contribution is -2.49. The summed E-state index contributed by atoms with van der Waals surface area (Å²) in [5.74, 6) is 3.65. The zero-order valence-corrected chi connectivity index (χ0v) is 19.8. The van der Waals surface area contributed by atoms with E-state index in [1.165, 1.54) is 13.0 Å². The predicted octanol–water partition coefficient (Wildman–Crippen LogP) is 1.89. The molecular weight excluding hydrogens is 497 g/mol. The highest BCUT2D eigenvalue weighted by Gasteiger charge is 2.24. The number of ether oxygens (including phenoxy) is 1. The number of nitrogens with zero attached hydrogens (tertiary/aromatic N) is 4. The molecule has 0 spiro atoms. The Hall–Kier alpha value is -1.66. The van der Waals surface area contributed by atoms with Crippen LogP contribution in [0.25, 0.3) is 11.6 Å². The number of hydrogen-bond acceptors (Lipinski definition) is 6. The second kappa shape index (κ2) is 11.7. The average molecular weight is 529 g/mol. The van der Waals surface area contributed by atoms with Crippen molar-refractivity contribution in [1.29, 1.82) is 0 Å². The molecule has 0 bridgehead atoms. The summed E-state index contributed by atoms with van der Waals surface area (Å²) in [6.07, 6.45) is 5.85. The quantitative estimate of drug-likeness (QED) is 0.286. The highest BCUT2D eigenvalue weighted by atomic mass is 127. The van der Waals surface area contributed by atoms with Crippen LogP contribution in [0, 0.1) is 5.92 Å². The summed E-state index contributed by atoms with van der Waals surface area (Å²) in [4.78, 5) is 11.4. The van der Waals surface area contributed by atoms with Gasteiger partial charge in [-0.25, -0.2) is 4.98 Å². The summed E-state index contributed by atoms with van der Waals surface area (Å²) in [5, 5.41) is 14.1. The van der Waals surface area contributed by atoms with Crippen molar-refractivity contribution in [2.24, 2.45) is 10.9 Å². The Morgan fingerprint density at radius 3 is 2.90 bits per heavy atom. The standard InChI is InChI=1S/C20H31N7O2.HI/c1-21-20(22-8-4-18-24-19(26-25-18)17-3-2-11-29-17)23-16-5-9-27(10-6-16)13-15-7-12-28-14-15;/h2-3,11,15-16H,4-10,12-14H2,1H3,(H2,21,22,23)(H,24,25,26);1H. The molecule has 0 aromatic carbocycles. The Morgan fingerprint density at radius 1 is 1.33 bits per heavy atom. The number of furan rings is 1. The van der Waals surface area contributed by atoms with Gasteiger partial charge in [-0.3, -0.25) is 10.1 Å². The van der Waals surface area contributed by atoms with E-state index in [4.69, 9.17) is 9.15 Å². The van der Waals surface area contributed by atoms with E-state index in [2.05, 4.69) is 35.7 Å². The molecule has 2 saturated heterocycles. The van der Waals surface area contributed by atoms with E-state index in [1.54, 1.807) is 6.26 Å². The number of likely N-dealkylation sites (tertiary alicyclic amines) is 1. The predicted molar refractivity (Wildman–Crippen MR) is 126 cm³/mol. The van der Waals surface area contributed by atoms with Crippen LogP contribution in [0.15, 0.2) is 27.8 Å². The first-order valence-electron chi connectivity index (χ1n) is 10.5. The second-order valence-electron chi connectivity index (χ2n) is 7.78. The van der Waals surface area contributed by atoms with Crippen LogP contribution in [0.3, 0.4) is 0 Å². The van der Waals surface area contributed by atoms with Gasteiger partial charge in [0.2, 0.25) is 5.82 Å². The Balaban J connectivity index is 0.00000256. The molecule has 3 N–H and O–H groups in total. The summed E-state index contributed by atoms with van der Waals surface area (Å²) in [6, 6.07) is 4.15. The van der Waals surface area contributed by atoms with E-state index in [9.17, 15) is 0 Å². The van der Waals surface area contributed by atoms with E-state index in [0.717, 1.165) is 69.8 Å². The Bertz CT molecular complexity index is 766. The molecule has 166 valence electrons. The van der Waals surface area contributed by atoms with Crippen molar-refractivity contribution >= 4 is 29.9 Å². The lowest BCUT2D eigenvalue weighted by molar-refractivity contribution is 0.150. The number of aliphatic imine (C=N–C) groups is 1. The van der Waals surface area contributed by atoms with Crippen molar-refractivity contribution in [3.8, 4) is 11.6 Å². The van der Waals surface area contributed by atoms with Gasteiger partial charge in [0.25, 0.3) is 0 Å². The van der Waals surface area contributed by atoms with Gasteiger partial charge in [-0.2, -0.15) is 5.10 Å². The van der Waals surface area contributed by atoms with E-state index in [1.807, 2.05) is 19.2 Å². The smallest absolute Gasteiger partial charge is 0.216 e. The molecule has 2 aliphatic heterocycles. The summed E-state index contributed by atoms with van der Waals surface area (Å²) in [5.41, 5.74) is 0. The molecule has 2 aromatic rings. The topological polar surface area (TPSA) is 104 Å². The Labute approximate surface area is 194 Å². The summed E-state index contributed by atoms with van der Waals surface area (Å²) in [7, 11) is 1.81. The van der Waals surface area contributed by atoms with Gasteiger partial charge in [0.05, 0.1) is 12.9 Å². The maximum absolute atomic E-state index is 5.50. The molecule has 0 radical (unpaired) electrons. The molecule has 1 atom stereocenters. The van der Waals surface area contributed by atoms with E-state index >= 15 is 0 Å². The van der Waals surface area contributed by atoms with Crippen molar-refractivity contribution in [2.75, 3.05) is 46.4 Å². The van der Waals surface area contributed by atoms with Crippen molar-refractivity contribution in [1.82, 2.24) is 30.7 Å². The number of aromatic amines is 1. The van der Waals surface area contributed by atoms with Crippen LogP contribution >= 0.6 is 24.0 Å². The minimum atomic E-state index is 0. The molecule has 9 nitrogen and oxygen atoms in total. The third-order valence-corrected chi connectivity index (χ3v) is 5.62. The van der Waals surface area contributed by atoms with Crippen LogP contribution in [0.5, 0.6) is 0 Å². The number of rotatable bonds is 7. The van der Waals surface area contributed by atoms with Crippen molar-refractivity contribution in [2.45, 2.75) is 31.7 Å². The van der Waals surface area contributed by atoms with Crippen LogP contribution in [0.1, 0.15) is 25.1 Å². The van der Waals surface area contributed by atoms with Gasteiger partial charge >= 0.3 is 0 Å². The van der Waals surface area contributed by atoms with Gasteiger partial charge < -0.3 is 24.7 Å². The molecule has 4 rings (SSSR count). The van der Waals surface area contributed by atoms with Crippen molar-refractivity contribution in [3.63, 3.8) is 0 Å². The SMILES string of the molecule is CN=C(NCCc1nc(-c2ccco2)n[nH]1)NC1CCN(CC2CCOC2)CC1.I. The molecule has 1 unspecified atom stereocenters. The minimum absolute atomic E-state index is 0. The van der Waals surface area contributed by atoms with Crippen LogP contribution < -0.4 is 10.6 Å². The van der Waals surface area contributed by atoms with Gasteiger partial charge in [0, 0.05) is 52.3 Å². The van der Waals surface area contributed by atoms with Crippen molar-refractivity contribution < 1.29 is 9.15 Å². The largest absolute Gasteiger partial charge is 0.461 e. The lowest BCUT2D eigenvalue weighted by Gasteiger charge is -2.34. The molecule has 2 fully saturated rings. The van der Waals surface area contributed by atoms with Gasteiger partial charge in [-0.1, -0.05) is 0 Å². The molecular formula is C20H32IN7O2. The van der Waals surface area contributed by atoms with Crippen LogP contribution in [-0.4, -0.2) is 78.5 Å². The molecule has 30 heavy (non-hydrogen) atoms. The third kappa shape index (κ3) is 6.42. The fourth-order valence-corrected chi connectivity index (χ4v) is 3.96.